The molecule has 0 unspecified atom stereocenters. The van der Waals surface area contributed by atoms with Crippen LogP contribution in [0.1, 0.15) is 22.7 Å². The molecular formula is C33H30N4OS. The van der Waals surface area contributed by atoms with Crippen LogP contribution in [0.15, 0.2) is 115 Å². The number of amides is 1. The van der Waals surface area contributed by atoms with Gasteiger partial charge in [-0.25, -0.2) is 4.98 Å². The van der Waals surface area contributed by atoms with Crippen molar-refractivity contribution in [1.29, 1.82) is 0 Å². The monoisotopic (exact) mass is 530 g/mol. The number of rotatable bonds is 7. The minimum absolute atomic E-state index is 0.187. The van der Waals surface area contributed by atoms with Gasteiger partial charge in [0.2, 0.25) is 5.91 Å². The van der Waals surface area contributed by atoms with Crippen molar-refractivity contribution in [2.24, 2.45) is 0 Å². The van der Waals surface area contributed by atoms with Gasteiger partial charge in [0.05, 0.1) is 18.2 Å². The molecule has 2 aromatic heterocycles. The third kappa shape index (κ3) is 5.82. The van der Waals surface area contributed by atoms with Gasteiger partial charge in [-0.1, -0.05) is 84.9 Å². The summed E-state index contributed by atoms with van der Waals surface area (Å²) in [5, 5.41) is 3.06. The van der Waals surface area contributed by atoms with Gasteiger partial charge in [0.1, 0.15) is 5.01 Å². The van der Waals surface area contributed by atoms with Crippen LogP contribution < -0.4 is 0 Å². The second kappa shape index (κ2) is 11.7. The maximum Gasteiger partial charge on any atom is 0.227 e. The Morgan fingerprint density at radius 3 is 1.97 bits per heavy atom. The van der Waals surface area contributed by atoms with Gasteiger partial charge in [-0.05, 0) is 28.8 Å². The molecule has 1 fully saturated rings. The summed E-state index contributed by atoms with van der Waals surface area (Å²) in [7, 11) is 0. The molecule has 0 spiro atoms. The first-order chi connectivity index (χ1) is 19.2. The van der Waals surface area contributed by atoms with E-state index in [-0.39, 0.29) is 11.9 Å². The van der Waals surface area contributed by atoms with Crippen molar-refractivity contribution in [3.8, 4) is 21.8 Å². The Morgan fingerprint density at radius 2 is 1.36 bits per heavy atom. The number of thiazole rings is 1. The van der Waals surface area contributed by atoms with Crippen LogP contribution in [0.25, 0.3) is 21.8 Å². The Hall–Kier alpha value is -4.13. The van der Waals surface area contributed by atoms with Gasteiger partial charge in [0, 0.05) is 55.1 Å². The SMILES string of the molecule is O=C(Cc1ccc(-c2csc(-c3ccncc3)n2)cc1)N1CCN(C(c2ccccc2)c2ccccc2)CC1. The van der Waals surface area contributed by atoms with E-state index in [0.717, 1.165) is 53.6 Å². The van der Waals surface area contributed by atoms with E-state index in [9.17, 15) is 4.79 Å². The van der Waals surface area contributed by atoms with E-state index < -0.39 is 0 Å². The molecule has 1 aliphatic rings. The lowest BCUT2D eigenvalue weighted by molar-refractivity contribution is -0.132. The zero-order valence-corrected chi connectivity index (χ0v) is 22.5. The van der Waals surface area contributed by atoms with E-state index in [4.69, 9.17) is 4.98 Å². The quantitative estimate of drug-likeness (QED) is 0.246. The van der Waals surface area contributed by atoms with Gasteiger partial charge < -0.3 is 4.90 Å². The third-order valence-corrected chi connectivity index (χ3v) is 8.19. The molecule has 0 radical (unpaired) electrons. The van der Waals surface area contributed by atoms with Gasteiger partial charge in [-0.3, -0.25) is 14.7 Å². The van der Waals surface area contributed by atoms with E-state index in [0.29, 0.717) is 6.42 Å². The zero-order valence-electron chi connectivity index (χ0n) is 21.7. The fourth-order valence-corrected chi connectivity index (χ4v) is 6.06. The fourth-order valence-electron chi connectivity index (χ4n) is 5.23. The summed E-state index contributed by atoms with van der Waals surface area (Å²) in [6, 6.07) is 33.7. The molecule has 0 N–H and O–H groups in total. The van der Waals surface area contributed by atoms with Gasteiger partial charge in [0.25, 0.3) is 0 Å². The van der Waals surface area contributed by atoms with Crippen molar-refractivity contribution in [2.75, 3.05) is 26.2 Å². The van der Waals surface area contributed by atoms with Gasteiger partial charge in [-0.2, -0.15) is 0 Å². The average Bonchev–Trinajstić information content (AvgIpc) is 3.50. The first-order valence-corrected chi connectivity index (χ1v) is 14.2. The normalized spacial score (nSPS) is 14.0. The van der Waals surface area contributed by atoms with Crippen LogP contribution in [0.4, 0.5) is 0 Å². The fraction of sp³-hybridized carbons (Fsp3) is 0.182. The van der Waals surface area contributed by atoms with Crippen molar-refractivity contribution < 1.29 is 4.79 Å². The molecule has 1 saturated heterocycles. The van der Waals surface area contributed by atoms with Crippen LogP contribution in [-0.4, -0.2) is 51.9 Å². The number of hydrogen-bond acceptors (Lipinski definition) is 5. The molecule has 0 saturated carbocycles. The highest BCUT2D eigenvalue weighted by Gasteiger charge is 2.28. The molecule has 3 aromatic carbocycles. The van der Waals surface area contributed by atoms with Crippen molar-refractivity contribution in [1.82, 2.24) is 19.8 Å². The van der Waals surface area contributed by atoms with Crippen LogP contribution in [0, 0.1) is 0 Å². The van der Waals surface area contributed by atoms with Crippen molar-refractivity contribution >= 4 is 17.2 Å². The summed E-state index contributed by atoms with van der Waals surface area (Å²) in [4.78, 5) is 26.6. The molecule has 3 heterocycles. The summed E-state index contributed by atoms with van der Waals surface area (Å²) >= 11 is 1.63. The van der Waals surface area contributed by atoms with Crippen LogP contribution in [0.2, 0.25) is 0 Å². The standard InChI is InChI=1S/C33H30N4OS/c38-31(23-25-11-13-26(14-12-25)30-24-39-33(35-30)29-15-17-34-18-16-29)36-19-21-37(22-20-36)32(27-7-3-1-4-8-27)28-9-5-2-6-10-28/h1-18,24,32H,19-23H2. The first kappa shape index (κ1) is 25.2. The number of hydrogen-bond donors (Lipinski definition) is 0. The number of benzene rings is 3. The Labute approximate surface area is 233 Å². The molecule has 5 aromatic rings. The second-order valence-corrected chi connectivity index (χ2v) is 10.6. The Morgan fingerprint density at radius 1 is 0.744 bits per heavy atom. The first-order valence-electron chi connectivity index (χ1n) is 13.3. The molecule has 0 bridgehead atoms. The molecule has 1 amide bonds. The van der Waals surface area contributed by atoms with Crippen LogP contribution in [-0.2, 0) is 11.2 Å². The summed E-state index contributed by atoms with van der Waals surface area (Å²) in [6.45, 7) is 3.18. The Balaban J connectivity index is 1.08. The average molecular weight is 531 g/mol. The van der Waals surface area contributed by atoms with E-state index in [1.165, 1.54) is 11.1 Å². The van der Waals surface area contributed by atoms with Crippen LogP contribution >= 0.6 is 11.3 Å². The predicted molar refractivity (Wildman–Crippen MR) is 157 cm³/mol. The van der Waals surface area contributed by atoms with Gasteiger partial charge >= 0.3 is 0 Å². The van der Waals surface area contributed by atoms with E-state index >= 15 is 0 Å². The molecule has 6 heteroatoms. The molecule has 0 atom stereocenters. The third-order valence-electron chi connectivity index (χ3n) is 7.30. The maximum absolute atomic E-state index is 13.2. The molecule has 0 aliphatic carbocycles. The molecule has 194 valence electrons. The molecule has 6 rings (SSSR count). The van der Waals surface area contributed by atoms with E-state index in [1.807, 2.05) is 17.0 Å². The molecule has 5 nitrogen and oxygen atoms in total. The van der Waals surface area contributed by atoms with Crippen molar-refractivity contribution in [3.63, 3.8) is 0 Å². The van der Waals surface area contributed by atoms with Crippen molar-refractivity contribution in [3.05, 3.63) is 132 Å². The lowest BCUT2D eigenvalue weighted by Crippen LogP contribution is -2.50. The minimum atomic E-state index is 0.187. The largest absolute Gasteiger partial charge is 0.340 e. The molecule has 39 heavy (non-hydrogen) atoms. The smallest absolute Gasteiger partial charge is 0.227 e. The number of aromatic nitrogens is 2. The second-order valence-electron chi connectivity index (χ2n) is 9.79. The van der Waals surface area contributed by atoms with E-state index in [1.54, 1.807) is 23.7 Å². The minimum Gasteiger partial charge on any atom is -0.340 e. The maximum atomic E-state index is 13.2. The highest BCUT2D eigenvalue weighted by atomic mass is 32.1. The summed E-state index contributed by atoms with van der Waals surface area (Å²) in [5.74, 6) is 0.187. The highest BCUT2D eigenvalue weighted by Crippen LogP contribution is 2.30. The predicted octanol–water partition coefficient (Wildman–Crippen LogP) is 6.35. The van der Waals surface area contributed by atoms with Crippen LogP contribution in [0.3, 0.4) is 0 Å². The number of carbonyl (C=O) groups is 1. The van der Waals surface area contributed by atoms with Crippen LogP contribution in [0.5, 0.6) is 0 Å². The highest BCUT2D eigenvalue weighted by molar-refractivity contribution is 7.13. The molecule has 1 aliphatic heterocycles. The van der Waals surface area contributed by atoms with E-state index in [2.05, 4.69) is 100 Å². The summed E-state index contributed by atoms with van der Waals surface area (Å²) in [5.41, 5.74) is 6.69. The van der Waals surface area contributed by atoms with Gasteiger partial charge in [-0.15, -0.1) is 11.3 Å². The molecular weight excluding hydrogens is 500 g/mol. The number of pyridine rings is 1. The van der Waals surface area contributed by atoms with Gasteiger partial charge in [0.15, 0.2) is 0 Å². The Bertz CT molecular complexity index is 1460. The zero-order chi connectivity index (χ0) is 26.4. The lowest BCUT2D eigenvalue weighted by atomic mass is 9.96. The summed E-state index contributed by atoms with van der Waals surface area (Å²) < 4.78 is 0. The lowest BCUT2D eigenvalue weighted by Gasteiger charge is -2.40. The van der Waals surface area contributed by atoms with Crippen molar-refractivity contribution in [2.45, 2.75) is 12.5 Å². The number of piperazine rings is 1. The number of carbonyl (C=O) groups excluding carboxylic acids is 1. The summed E-state index contributed by atoms with van der Waals surface area (Å²) in [6.07, 6.45) is 3.99. The Kier molecular flexibility index (Phi) is 7.56. The topological polar surface area (TPSA) is 49.3 Å². The number of nitrogens with zero attached hydrogens (tertiary/aromatic N) is 4.